The fourth-order valence-electron chi connectivity index (χ4n) is 3.49. The van der Waals surface area contributed by atoms with Crippen LogP contribution in [0.5, 0.6) is 5.75 Å². The van der Waals surface area contributed by atoms with Gasteiger partial charge in [0.1, 0.15) is 11.4 Å². The second-order valence-corrected chi connectivity index (χ2v) is 8.76. The van der Waals surface area contributed by atoms with E-state index < -0.39 is 0 Å². The van der Waals surface area contributed by atoms with E-state index >= 15 is 0 Å². The Morgan fingerprint density at radius 3 is 2.23 bits per heavy atom. The molecule has 30 heavy (non-hydrogen) atoms. The maximum atomic E-state index is 6.17. The molecule has 1 atom stereocenters. The van der Waals surface area contributed by atoms with Gasteiger partial charge < -0.3 is 4.74 Å². The number of hydrogen-bond donors (Lipinski definition) is 1. The Hall–Kier alpha value is -2.53. The molecule has 1 heterocycles. The van der Waals surface area contributed by atoms with Crippen molar-refractivity contribution in [2.24, 2.45) is 0 Å². The molecule has 6 heteroatoms. The van der Waals surface area contributed by atoms with E-state index in [0.29, 0.717) is 15.2 Å². The highest BCUT2D eigenvalue weighted by Gasteiger charge is 2.20. The quantitative estimate of drug-likeness (QED) is 0.360. The van der Waals surface area contributed by atoms with Gasteiger partial charge in [0.25, 0.3) is 0 Å². The molecule has 0 fully saturated rings. The number of halogens is 2. The summed E-state index contributed by atoms with van der Waals surface area (Å²) >= 11 is 13.7. The summed E-state index contributed by atoms with van der Waals surface area (Å²) in [6.45, 7) is 0. The van der Waals surface area contributed by atoms with E-state index in [4.69, 9.17) is 33.7 Å². The van der Waals surface area contributed by atoms with Crippen LogP contribution in [0.25, 0.3) is 11.1 Å². The average Bonchev–Trinajstić information content (AvgIpc) is 3.20. The number of ether oxygens (including phenoxy) is 1. The van der Waals surface area contributed by atoms with Crippen LogP contribution in [0.2, 0.25) is 10.0 Å². The van der Waals surface area contributed by atoms with Gasteiger partial charge in [0.2, 0.25) is 0 Å². The third-order valence-corrected chi connectivity index (χ3v) is 6.59. The van der Waals surface area contributed by atoms with Crippen LogP contribution in [0.1, 0.15) is 22.7 Å². The van der Waals surface area contributed by atoms with Gasteiger partial charge in [0, 0.05) is 5.38 Å². The number of aromatic nitrogens is 1. The van der Waals surface area contributed by atoms with Crippen molar-refractivity contribution >= 4 is 39.7 Å². The summed E-state index contributed by atoms with van der Waals surface area (Å²) < 4.78 is 5.30. The van der Waals surface area contributed by atoms with Crippen molar-refractivity contribution in [3.8, 4) is 16.9 Å². The molecule has 1 unspecified atom stereocenters. The molecule has 0 saturated heterocycles. The molecule has 3 nitrogen and oxygen atoms in total. The first-order valence-corrected chi connectivity index (χ1v) is 11.1. The Balaban J connectivity index is 1.61. The van der Waals surface area contributed by atoms with Gasteiger partial charge in [-0.15, -0.1) is 0 Å². The highest BCUT2D eigenvalue weighted by molar-refractivity contribution is 7.13. The number of H-pyrrole nitrogens is 1. The molecule has 0 spiro atoms. The minimum absolute atomic E-state index is 0.167. The summed E-state index contributed by atoms with van der Waals surface area (Å²) in [6, 6.07) is 22.4. The van der Waals surface area contributed by atoms with Crippen molar-refractivity contribution in [3.05, 3.63) is 99.0 Å². The van der Waals surface area contributed by atoms with Crippen molar-refractivity contribution in [2.75, 3.05) is 12.8 Å². The van der Waals surface area contributed by atoms with E-state index in [1.165, 1.54) is 22.5 Å². The van der Waals surface area contributed by atoms with Crippen LogP contribution in [0, 0.1) is 0 Å². The third kappa shape index (κ3) is 4.62. The van der Waals surface area contributed by atoms with Crippen molar-refractivity contribution in [3.63, 3.8) is 0 Å². The fraction of sp³-hybridized carbons (Fsp3) is 0.125. The largest absolute Gasteiger partial charge is 0.497 e. The minimum atomic E-state index is 0.167. The van der Waals surface area contributed by atoms with Crippen LogP contribution in [0.15, 0.2) is 72.1 Å². The zero-order valence-corrected chi connectivity index (χ0v) is 18.7. The number of nitrogen functional groups attached to an aromatic ring is 1. The molecule has 4 aromatic rings. The molecule has 0 aliphatic heterocycles. The van der Waals surface area contributed by atoms with Crippen LogP contribution >= 0.6 is 34.5 Å². The lowest BCUT2D eigenvalue weighted by Gasteiger charge is -2.15. The molecule has 3 aromatic carbocycles. The van der Waals surface area contributed by atoms with Gasteiger partial charge in [0.05, 0.1) is 23.1 Å². The Morgan fingerprint density at radius 1 is 0.933 bits per heavy atom. The fourth-order valence-corrected chi connectivity index (χ4v) is 4.44. The number of benzene rings is 3. The lowest BCUT2D eigenvalue weighted by Crippen LogP contribution is -2.17. The molecular weight excluding hydrogens is 435 g/mol. The van der Waals surface area contributed by atoms with Gasteiger partial charge in [-0.3, -0.25) is 5.73 Å². The van der Waals surface area contributed by atoms with E-state index in [-0.39, 0.29) is 5.92 Å². The van der Waals surface area contributed by atoms with E-state index in [2.05, 4.69) is 46.8 Å². The topological polar surface area (TPSA) is 49.4 Å². The smallest absolute Gasteiger partial charge is 0.329 e. The van der Waals surface area contributed by atoms with E-state index in [0.717, 1.165) is 29.0 Å². The number of rotatable bonds is 6. The van der Waals surface area contributed by atoms with Crippen LogP contribution in [-0.4, -0.2) is 7.11 Å². The van der Waals surface area contributed by atoms with E-state index in [1.807, 2.05) is 30.3 Å². The summed E-state index contributed by atoms with van der Waals surface area (Å²) in [7, 11) is 1.68. The van der Waals surface area contributed by atoms with Crippen LogP contribution in [0.4, 0.5) is 5.13 Å². The van der Waals surface area contributed by atoms with Gasteiger partial charge in [-0.2, -0.15) is 0 Å². The number of nitrogens with one attached hydrogen (secondary N) is 1. The average molecular weight is 456 g/mol. The van der Waals surface area contributed by atoms with Crippen molar-refractivity contribution in [1.29, 1.82) is 0 Å². The molecule has 0 saturated carbocycles. The van der Waals surface area contributed by atoms with Crippen molar-refractivity contribution < 1.29 is 9.72 Å². The van der Waals surface area contributed by atoms with Crippen molar-refractivity contribution in [2.45, 2.75) is 12.3 Å². The molecule has 4 rings (SSSR count). The summed E-state index contributed by atoms with van der Waals surface area (Å²) in [5, 5.41) is 3.92. The first-order valence-electron chi connectivity index (χ1n) is 9.48. The summed E-state index contributed by atoms with van der Waals surface area (Å²) in [5.74, 6) is 1.01. The highest BCUT2D eigenvalue weighted by atomic mass is 35.5. The van der Waals surface area contributed by atoms with Crippen LogP contribution in [-0.2, 0) is 6.42 Å². The lowest BCUT2D eigenvalue weighted by atomic mass is 9.89. The monoisotopic (exact) mass is 455 g/mol. The predicted octanol–water partition coefficient (Wildman–Crippen LogP) is 6.50. The Bertz CT molecular complexity index is 1140. The number of aromatic amines is 1. The number of hydrogen-bond acceptors (Lipinski definition) is 3. The Labute approximate surface area is 190 Å². The van der Waals surface area contributed by atoms with Crippen LogP contribution < -0.4 is 15.5 Å². The molecule has 0 aliphatic rings. The number of nitrogens with two attached hydrogens (primary N) is 1. The summed E-state index contributed by atoms with van der Waals surface area (Å²) in [5.41, 5.74) is 11.7. The normalized spacial score (nSPS) is 12.0. The maximum absolute atomic E-state index is 6.17. The van der Waals surface area contributed by atoms with Gasteiger partial charge in [-0.1, -0.05) is 77.0 Å². The standard InChI is InChI=1S/C24H20Cl2N2OS/c1-29-19-9-6-17(7-10-19)20(23-14-30-24(27)28-23)12-15-2-4-16(5-3-15)18-8-11-21(25)22(26)13-18/h2-11,13-14,20H,12H2,1H3,(H2,27,28)/p+1. The second kappa shape index (κ2) is 9.09. The third-order valence-electron chi connectivity index (χ3n) is 5.12. The van der Waals surface area contributed by atoms with Gasteiger partial charge in [0.15, 0.2) is 0 Å². The first-order chi connectivity index (χ1) is 14.5. The van der Waals surface area contributed by atoms with Crippen LogP contribution in [0.3, 0.4) is 0 Å². The SMILES string of the molecule is COc1ccc(C(Cc2ccc(-c3ccc(Cl)c(Cl)c3)cc2)c2csc(N)[nH+]2)cc1. The van der Waals surface area contributed by atoms with E-state index in [9.17, 15) is 0 Å². The number of thiazole rings is 1. The predicted molar refractivity (Wildman–Crippen MR) is 126 cm³/mol. The summed E-state index contributed by atoms with van der Waals surface area (Å²) in [6.07, 6.45) is 0.848. The molecule has 152 valence electrons. The molecule has 1 aromatic heterocycles. The second-order valence-electron chi connectivity index (χ2n) is 7.04. The van der Waals surface area contributed by atoms with Gasteiger partial charge in [-0.05, 0) is 52.9 Å². The summed E-state index contributed by atoms with van der Waals surface area (Å²) in [4.78, 5) is 3.31. The maximum Gasteiger partial charge on any atom is 0.329 e. The van der Waals surface area contributed by atoms with E-state index in [1.54, 1.807) is 7.11 Å². The zero-order chi connectivity index (χ0) is 21.1. The Kier molecular flexibility index (Phi) is 6.28. The van der Waals surface area contributed by atoms with Gasteiger partial charge in [-0.25, -0.2) is 4.98 Å². The highest BCUT2D eigenvalue weighted by Crippen LogP contribution is 2.32. The molecule has 0 amide bonds. The van der Waals surface area contributed by atoms with Gasteiger partial charge >= 0.3 is 5.13 Å². The molecular formula is C24H21Cl2N2OS+. The molecule has 0 radical (unpaired) electrons. The van der Waals surface area contributed by atoms with Crippen molar-refractivity contribution in [1.82, 2.24) is 0 Å². The number of methoxy groups -OCH3 is 1. The lowest BCUT2D eigenvalue weighted by molar-refractivity contribution is -0.368. The first kappa shape index (κ1) is 20.7. The zero-order valence-electron chi connectivity index (χ0n) is 16.4. The molecule has 0 aliphatic carbocycles. The number of anilines is 1. The minimum Gasteiger partial charge on any atom is -0.497 e. The molecule has 0 bridgehead atoms. The Morgan fingerprint density at radius 2 is 1.63 bits per heavy atom. The molecule has 3 N–H and O–H groups in total.